The van der Waals surface area contributed by atoms with Crippen molar-refractivity contribution in [2.45, 2.75) is 38.5 Å². The van der Waals surface area contributed by atoms with Crippen LogP contribution in [0.3, 0.4) is 0 Å². The SMILES string of the molecule is CCCC(Cc1ccc(C(C)=O)cc1)(C(=O)NC(=O)c1ccccn1)c1ccccc1. The Balaban J connectivity index is 1.99. The summed E-state index contributed by atoms with van der Waals surface area (Å²) in [5, 5.41) is 2.58. The van der Waals surface area contributed by atoms with Crippen LogP contribution in [0.25, 0.3) is 0 Å². The van der Waals surface area contributed by atoms with Gasteiger partial charge in [0.05, 0.1) is 5.41 Å². The largest absolute Gasteiger partial charge is 0.295 e. The maximum absolute atomic E-state index is 13.6. The predicted molar refractivity (Wildman–Crippen MR) is 120 cm³/mol. The van der Waals surface area contributed by atoms with E-state index in [-0.39, 0.29) is 17.4 Å². The zero-order valence-corrected chi connectivity index (χ0v) is 17.8. The number of amides is 2. The van der Waals surface area contributed by atoms with E-state index in [0.717, 1.165) is 17.5 Å². The Kier molecular flexibility index (Phi) is 7.08. The number of pyridine rings is 1. The summed E-state index contributed by atoms with van der Waals surface area (Å²) in [6.45, 7) is 3.54. The standard InChI is InChI=1S/C26H26N2O3/c1-3-16-26(22-9-5-4-6-10-22,18-20-12-14-21(15-13-20)19(2)29)25(31)28-24(30)23-11-7-8-17-27-23/h4-15,17H,3,16,18H2,1-2H3,(H,28,30,31). The third-order valence-corrected chi connectivity index (χ3v) is 5.43. The zero-order valence-electron chi connectivity index (χ0n) is 17.8. The van der Waals surface area contributed by atoms with Gasteiger partial charge < -0.3 is 0 Å². The van der Waals surface area contributed by atoms with Crippen LogP contribution in [-0.2, 0) is 16.6 Å². The van der Waals surface area contributed by atoms with Crippen molar-refractivity contribution in [3.8, 4) is 0 Å². The summed E-state index contributed by atoms with van der Waals surface area (Å²) in [5.74, 6) is -0.881. The van der Waals surface area contributed by atoms with Gasteiger partial charge in [0.2, 0.25) is 5.91 Å². The molecule has 158 valence electrons. The summed E-state index contributed by atoms with van der Waals surface area (Å²) in [6, 6.07) is 21.8. The van der Waals surface area contributed by atoms with Gasteiger partial charge in [0, 0.05) is 11.8 Å². The molecule has 1 N–H and O–H groups in total. The maximum Gasteiger partial charge on any atom is 0.276 e. The molecule has 0 fully saturated rings. The van der Waals surface area contributed by atoms with Crippen molar-refractivity contribution < 1.29 is 14.4 Å². The highest BCUT2D eigenvalue weighted by Gasteiger charge is 2.40. The van der Waals surface area contributed by atoms with Crippen molar-refractivity contribution in [2.75, 3.05) is 0 Å². The monoisotopic (exact) mass is 414 g/mol. The molecule has 3 aromatic rings. The summed E-state index contributed by atoms with van der Waals surface area (Å²) in [7, 11) is 0. The van der Waals surface area contributed by atoms with Gasteiger partial charge in [-0.05, 0) is 43.0 Å². The van der Waals surface area contributed by atoms with E-state index in [1.807, 2.05) is 49.4 Å². The molecular formula is C26H26N2O3. The van der Waals surface area contributed by atoms with E-state index in [4.69, 9.17) is 0 Å². The van der Waals surface area contributed by atoms with Crippen molar-refractivity contribution in [3.63, 3.8) is 0 Å². The van der Waals surface area contributed by atoms with E-state index in [1.54, 1.807) is 30.3 Å². The fourth-order valence-electron chi connectivity index (χ4n) is 3.83. The second kappa shape index (κ2) is 9.94. The van der Waals surface area contributed by atoms with Crippen molar-refractivity contribution in [2.24, 2.45) is 0 Å². The van der Waals surface area contributed by atoms with E-state index >= 15 is 0 Å². The summed E-state index contributed by atoms with van der Waals surface area (Å²) >= 11 is 0. The molecule has 0 saturated heterocycles. The Morgan fingerprint density at radius 2 is 1.58 bits per heavy atom. The van der Waals surface area contributed by atoms with Crippen molar-refractivity contribution >= 4 is 17.6 Å². The Morgan fingerprint density at radius 1 is 0.903 bits per heavy atom. The molecule has 3 rings (SSSR count). The number of carbonyl (C=O) groups excluding carboxylic acids is 3. The lowest BCUT2D eigenvalue weighted by atomic mass is 9.71. The van der Waals surface area contributed by atoms with Crippen LogP contribution in [0.2, 0.25) is 0 Å². The molecule has 5 nitrogen and oxygen atoms in total. The lowest BCUT2D eigenvalue weighted by Gasteiger charge is -2.33. The molecule has 31 heavy (non-hydrogen) atoms. The molecule has 0 bridgehead atoms. The van der Waals surface area contributed by atoms with Gasteiger partial charge >= 0.3 is 0 Å². The second-order valence-electron chi connectivity index (χ2n) is 7.63. The number of carbonyl (C=O) groups is 3. The molecule has 1 heterocycles. The van der Waals surface area contributed by atoms with Crippen LogP contribution >= 0.6 is 0 Å². The van der Waals surface area contributed by atoms with Gasteiger partial charge in [0.25, 0.3) is 5.91 Å². The zero-order chi connectivity index (χ0) is 22.3. The number of hydrogen-bond acceptors (Lipinski definition) is 4. The van der Waals surface area contributed by atoms with Gasteiger partial charge in [-0.3, -0.25) is 24.7 Å². The summed E-state index contributed by atoms with van der Waals surface area (Å²) in [5.41, 5.74) is 1.65. The lowest BCUT2D eigenvalue weighted by molar-refractivity contribution is -0.126. The molecule has 1 atom stereocenters. The molecular weight excluding hydrogens is 388 g/mol. The summed E-state index contributed by atoms with van der Waals surface area (Å²) in [4.78, 5) is 42.0. The smallest absolute Gasteiger partial charge is 0.276 e. The average Bonchev–Trinajstić information content (AvgIpc) is 2.80. The number of rotatable bonds is 8. The molecule has 1 aromatic heterocycles. The molecule has 0 aliphatic rings. The summed E-state index contributed by atoms with van der Waals surface area (Å²) in [6.07, 6.45) is 3.25. The Morgan fingerprint density at radius 3 is 2.16 bits per heavy atom. The number of nitrogens with zero attached hydrogens (tertiary/aromatic N) is 1. The molecule has 0 aliphatic carbocycles. The highest BCUT2D eigenvalue weighted by atomic mass is 16.2. The number of benzene rings is 2. The molecule has 0 radical (unpaired) electrons. The first kappa shape index (κ1) is 22.1. The first-order valence-corrected chi connectivity index (χ1v) is 10.4. The van der Waals surface area contributed by atoms with Crippen LogP contribution < -0.4 is 5.32 Å². The molecule has 0 spiro atoms. The van der Waals surface area contributed by atoms with E-state index in [1.165, 1.54) is 13.1 Å². The third kappa shape index (κ3) is 5.12. The van der Waals surface area contributed by atoms with E-state index in [9.17, 15) is 14.4 Å². The normalized spacial score (nSPS) is 12.6. The van der Waals surface area contributed by atoms with Gasteiger partial charge in [0.1, 0.15) is 5.69 Å². The van der Waals surface area contributed by atoms with E-state index in [0.29, 0.717) is 18.4 Å². The average molecular weight is 415 g/mol. The number of nitrogens with one attached hydrogen (secondary N) is 1. The fourth-order valence-corrected chi connectivity index (χ4v) is 3.83. The maximum atomic E-state index is 13.6. The van der Waals surface area contributed by atoms with Crippen LogP contribution in [-0.4, -0.2) is 22.6 Å². The van der Waals surface area contributed by atoms with Crippen LogP contribution in [0.15, 0.2) is 79.0 Å². The molecule has 1 unspecified atom stereocenters. The second-order valence-corrected chi connectivity index (χ2v) is 7.63. The van der Waals surface area contributed by atoms with Crippen molar-refractivity contribution in [1.82, 2.24) is 10.3 Å². The Bertz CT molecular complexity index is 1050. The van der Waals surface area contributed by atoms with Crippen LogP contribution in [0.5, 0.6) is 0 Å². The first-order chi connectivity index (χ1) is 15.0. The molecule has 0 saturated carbocycles. The minimum atomic E-state index is -0.932. The van der Waals surface area contributed by atoms with Gasteiger partial charge in [0.15, 0.2) is 5.78 Å². The number of imide groups is 1. The topological polar surface area (TPSA) is 76.1 Å². The molecule has 5 heteroatoms. The fraction of sp³-hybridized carbons (Fsp3) is 0.231. The number of hydrogen-bond donors (Lipinski definition) is 1. The number of aromatic nitrogens is 1. The Hall–Kier alpha value is -3.60. The van der Waals surface area contributed by atoms with Gasteiger partial charge in [-0.25, -0.2) is 0 Å². The third-order valence-electron chi connectivity index (χ3n) is 5.43. The minimum absolute atomic E-state index is 0.00636. The predicted octanol–water partition coefficient (Wildman–Crippen LogP) is 4.52. The molecule has 0 aliphatic heterocycles. The molecule has 2 amide bonds. The quantitative estimate of drug-likeness (QED) is 0.550. The van der Waals surface area contributed by atoms with Crippen LogP contribution in [0.4, 0.5) is 0 Å². The van der Waals surface area contributed by atoms with Gasteiger partial charge in [-0.2, -0.15) is 0 Å². The minimum Gasteiger partial charge on any atom is -0.295 e. The first-order valence-electron chi connectivity index (χ1n) is 10.4. The van der Waals surface area contributed by atoms with Crippen LogP contribution in [0, 0.1) is 0 Å². The van der Waals surface area contributed by atoms with Crippen LogP contribution in [0.1, 0.15) is 58.7 Å². The number of ketones is 1. The van der Waals surface area contributed by atoms with Gasteiger partial charge in [-0.1, -0.05) is 74.0 Å². The van der Waals surface area contributed by atoms with E-state index < -0.39 is 11.3 Å². The van der Waals surface area contributed by atoms with Gasteiger partial charge in [-0.15, -0.1) is 0 Å². The van der Waals surface area contributed by atoms with E-state index in [2.05, 4.69) is 10.3 Å². The lowest BCUT2D eigenvalue weighted by Crippen LogP contribution is -2.48. The highest BCUT2D eigenvalue weighted by molar-refractivity contribution is 6.07. The summed E-state index contributed by atoms with van der Waals surface area (Å²) < 4.78 is 0. The Labute approximate surface area is 182 Å². The highest BCUT2D eigenvalue weighted by Crippen LogP contribution is 2.34. The molecule has 2 aromatic carbocycles. The number of Topliss-reactive ketones (excluding diaryl/α,β-unsaturated/α-hetero) is 1. The van der Waals surface area contributed by atoms with Crippen molar-refractivity contribution in [3.05, 3.63) is 101 Å². The van der Waals surface area contributed by atoms with Crippen molar-refractivity contribution in [1.29, 1.82) is 0 Å².